The van der Waals surface area contributed by atoms with Gasteiger partial charge in [-0.25, -0.2) is 0 Å². The lowest BCUT2D eigenvalue weighted by atomic mass is 10.2. The van der Waals surface area contributed by atoms with Gasteiger partial charge in [0, 0.05) is 23.8 Å². The fraction of sp³-hybridized carbons (Fsp3) is 0.182. The Morgan fingerprint density at radius 2 is 1.84 bits per heavy atom. The lowest BCUT2D eigenvalue weighted by molar-refractivity contribution is -0.115. The minimum atomic E-state index is -0.397. The Morgan fingerprint density at radius 1 is 1.10 bits per heavy atom. The van der Waals surface area contributed by atoms with E-state index in [1.54, 1.807) is 48.2 Å². The molecule has 0 saturated carbocycles. The first-order valence-corrected chi connectivity index (χ1v) is 10.6. The quantitative estimate of drug-likeness (QED) is 0.448. The van der Waals surface area contributed by atoms with Gasteiger partial charge >= 0.3 is 5.56 Å². The molecule has 0 unspecified atom stereocenters. The second kappa shape index (κ2) is 9.05. The molecule has 2 aromatic carbocycles. The summed E-state index contributed by atoms with van der Waals surface area (Å²) in [6, 6.07) is 16.5. The monoisotopic (exact) mass is 435 g/mol. The van der Waals surface area contributed by atoms with Crippen molar-refractivity contribution in [1.29, 1.82) is 0 Å². The van der Waals surface area contributed by atoms with Gasteiger partial charge in [0.05, 0.1) is 12.4 Å². The summed E-state index contributed by atoms with van der Waals surface area (Å²) in [5, 5.41) is 11.2. The first-order valence-electron chi connectivity index (χ1n) is 9.74. The molecule has 1 atom stereocenters. The Kier molecular flexibility index (Phi) is 6.03. The van der Waals surface area contributed by atoms with E-state index in [2.05, 4.69) is 15.5 Å². The van der Waals surface area contributed by atoms with Crippen molar-refractivity contribution in [3.05, 3.63) is 77.3 Å². The van der Waals surface area contributed by atoms with Gasteiger partial charge in [-0.05, 0) is 42.8 Å². The molecule has 0 spiro atoms. The molecule has 0 aliphatic rings. The van der Waals surface area contributed by atoms with Crippen LogP contribution in [0.4, 0.5) is 5.69 Å². The standard InChI is InChI=1S/C22H21N5O3S/c1-3-18(20(28)23-15-9-11-17(30-2)12-10-15)31-22-25-24-19-21(29)26(13-14-27(19)22)16-7-5-4-6-8-16/h4-14,18H,3H2,1-2H3,(H,23,28)/t18-/m0/s1. The van der Waals surface area contributed by atoms with Crippen LogP contribution in [-0.2, 0) is 4.79 Å². The number of anilines is 1. The number of amides is 1. The van der Waals surface area contributed by atoms with Crippen LogP contribution in [0.3, 0.4) is 0 Å². The van der Waals surface area contributed by atoms with Gasteiger partial charge in [0.2, 0.25) is 11.6 Å². The first-order chi connectivity index (χ1) is 15.1. The molecule has 8 nitrogen and oxygen atoms in total. The van der Waals surface area contributed by atoms with Gasteiger partial charge in [-0.3, -0.25) is 18.6 Å². The summed E-state index contributed by atoms with van der Waals surface area (Å²) in [5.41, 5.74) is 1.36. The maximum Gasteiger partial charge on any atom is 0.300 e. The summed E-state index contributed by atoms with van der Waals surface area (Å²) >= 11 is 1.27. The molecule has 0 aliphatic carbocycles. The molecule has 4 aromatic rings. The number of nitrogens with zero attached hydrogens (tertiary/aromatic N) is 4. The number of benzene rings is 2. The smallest absolute Gasteiger partial charge is 0.300 e. The van der Waals surface area contributed by atoms with Gasteiger partial charge in [0.25, 0.3) is 0 Å². The molecule has 9 heteroatoms. The third kappa shape index (κ3) is 4.31. The highest BCUT2D eigenvalue weighted by atomic mass is 32.2. The zero-order chi connectivity index (χ0) is 21.8. The Morgan fingerprint density at radius 3 is 2.52 bits per heavy atom. The fourth-order valence-electron chi connectivity index (χ4n) is 3.08. The summed E-state index contributed by atoms with van der Waals surface area (Å²) in [7, 11) is 1.59. The summed E-state index contributed by atoms with van der Waals surface area (Å²) < 4.78 is 8.28. The van der Waals surface area contributed by atoms with E-state index >= 15 is 0 Å². The van der Waals surface area contributed by atoms with Crippen molar-refractivity contribution in [2.24, 2.45) is 0 Å². The summed E-state index contributed by atoms with van der Waals surface area (Å²) in [6.45, 7) is 1.93. The number of methoxy groups -OCH3 is 1. The van der Waals surface area contributed by atoms with E-state index in [9.17, 15) is 9.59 Å². The van der Waals surface area contributed by atoms with E-state index in [-0.39, 0.29) is 17.1 Å². The number of hydrogen-bond acceptors (Lipinski definition) is 6. The Hall–Kier alpha value is -3.59. The van der Waals surface area contributed by atoms with Crippen LogP contribution in [0.15, 0.2) is 76.9 Å². The zero-order valence-corrected chi connectivity index (χ0v) is 17.9. The molecule has 2 heterocycles. The largest absolute Gasteiger partial charge is 0.497 e. The highest BCUT2D eigenvalue weighted by Gasteiger charge is 2.22. The second-order valence-corrected chi connectivity index (χ2v) is 7.89. The lowest BCUT2D eigenvalue weighted by Crippen LogP contribution is -2.25. The number of carbonyl (C=O) groups is 1. The lowest BCUT2D eigenvalue weighted by Gasteiger charge is -2.14. The predicted octanol–water partition coefficient (Wildman–Crippen LogP) is 3.40. The minimum Gasteiger partial charge on any atom is -0.497 e. The minimum absolute atomic E-state index is 0.146. The Labute approximate surface area is 182 Å². The van der Waals surface area contributed by atoms with E-state index in [1.807, 2.05) is 37.3 Å². The molecule has 0 bridgehead atoms. The molecule has 158 valence electrons. The van der Waals surface area contributed by atoms with Crippen molar-refractivity contribution >= 4 is 29.0 Å². The zero-order valence-electron chi connectivity index (χ0n) is 17.1. The van der Waals surface area contributed by atoms with Crippen LogP contribution in [0.1, 0.15) is 13.3 Å². The number of para-hydroxylation sites is 1. The van der Waals surface area contributed by atoms with Gasteiger partial charge in [0.15, 0.2) is 5.16 Å². The average molecular weight is 436 g/mol. The number of carbonyl (C=O) groups excluding carboxylic acids is 1. The molecule has 0 radical (unpaired) electrons. The Bertz CT molecular complexity index is 1250. The second-order valence-electron chi connectivity index (χ2n) is 6.72. The van der Waals surface area contributed by atoms with E-state index in [0.29, 0.717) is 17.3 Å². The van der Waals surface area contributed by atoms with Crippen molar-refractivity contribution in [2.45, 2.75) is 23.8 Å². The number of nitrogens with one attached hydrogen (secondary N) is 1. The first kappa shape index (κ1) is 20.7. The molecule has 4 rings (SSSR count). The van der Waals surface area contributed by atoms with Crippen LogP contribution in [0.25, 0.3) is 11.3 Å². The molecule has 0 fully saturated rings. The SMILES string of the molecule is CC[C@H](Sc1nnc2c(=O)n(-c3ccccc3)ccn12)C(=O)Nc1ccc(OC)cc1. The molecule has 0 aliphatic heterocycles. The van der Waals surface area contributed by atoms with Crippen LogP contribution in [0.5, 0.6) is 5.75 Å². The highest BCUT2D eigenvalue weighted by Crippen LogP contribution is 2.25. The van der Waals surface area contributed by atoms with Gasteiger partial charge < -0.3 is 10.1 Å². The Balaban J connectivity index is 1.55. The molecule has 31 heavy (non-hydrogen) atoms. The maximum atomic E-state index is 12.9. The van der Waals surface area contributed by atoms with Crippen LogP contribution in [-0.4, -0.2) is 37.4 Å². The van der Waals surface area contributed by atoms with E-state index in [0.717, 1.165) is 11.4 Å². The number of rotatable bonds is 7. The van der Waals surface area contributed by atoms with Crippen LogP contribution in [0.2, 0.25) is 0 Å². The van der Waals surface area contributed by atoms with Gasteiger partial charge in [-0.1, -0.05) is 36.9 Å². The number of fused-ring (bicyclic) bond motifs is 1. The van der Waals surface area contributed by atoms with Crippen LogP contribution < -0.4 is 15.6 Å². The summed E-state index contributed by atoms with van der Waals surface area (Å²) in [6.07, 6.45) is 4.00. The molecule has 1 amide bonds. The molecule has 2 aromatic heterocycles. The maximum absolute atomic E-state index is 12.9. The number of ether oxygens (including phenoxy) is 1. The third-order valence-corrected chi connectivity index (χ3v) is 6.06. The van der Waals surface area contributed by atoms with Gasteiger partial charge in [0.1, 0.15) is 5.75 Å². The number of hydrogen-bond donors (Lipinski definition) is 1. The molecule has 1 N–H and O–H groups in total. The van der Waals surface area contributed by atoms with Crippen molar-refractivity contribution in [1.82, 2.24) is 19.2 Å². The van der Waals surface area contributed by atoms with E-state index < -0.39 is 5.25 Å². The van der Waals surface area contributed by atoms with Gasteiger partial charge in [-0.2, -0.15) is 0 Å². The average Bonchev–Trinajstić information content (AvgIpc) is 3.22. The van der Waals surface area contributed by atoms with Crippen molar-refractivity contribution < 1.29 is 9.53 Å². The molecular weight excluding hydrogens is 414 g/mol. The van der Waals surface area contributed by atoms with E-state index in [4.69, 9.17) is 4.74 Å². The number of thioether (sulfide) groups is 1. The van der Waals surface area contributed by atoms with Gasteiger partial charge in [-0.15, -0.1) is 10.2 Å². The molecular formula is C22H21N5O3S. The normalized spacial score (nSPS) is 11.9. The third-order valence-electron chi connectivity index (χ3n) is 4.74. The highest BCUT2D eigenvalue weighted by molar-refractivity contribution is 8.00. The summed E-state index contributed by atoms with van der Waals surface area (Å²) in [4.78, 5) is 25.6. The fourth-order valence-corrected chi connectivity index (χ4v) is 4.02. The number of aromatic nitrogens is 4. The topological polar surface area (TPSA) is 90.5 Å². The van der Waals surface area contributed by atoms with Crippen molar-refractivity contribution in [2.75, 3.05) is 12.4 Å². The van der Waals surface area contributed by atoms with Crippen LogP contribution >= 0.6 is 11.8 Å². The van der Waals surface area contributed by atoms with E-state index in [1.165, 1.54) is 16.3 Å². The van der Waals surface area contributed by atoms with Crippen molar-refractivity contribution in [3.8, 4) is 11.4 Å². The van der Waals surface area contributed by atoms with Crippen molar-refractivity contribution in [3.63, 3.8) is 0 Å². The predicted molar refractivity (Wildman–Crippen MR) is 120 cm³/mol. The molecule has 0 saturated heterocycles. The summed E-state index contributed by atoms with van der Waals surface area (Å²) in [5.74, 6) is 0.572. The van der Waals surface area contributed by atoms with Crippen LogP contribution in [0, 0.1) is 0 Å².